The van der Waals surface area contributed by atoms with Gasteiger partial charge in [-0.1, -0.05) is 12.1 Å². The Morgan fingerprint density at radius 2 is 1.93 bits per heavy atom. The predicted octanol–water partition coefficient (Wildman–Crippen LogP) is 2.47. The van der Waals surface area contributed by atoms with Gasteiger partial charge < -0.3 is 21.2 Å². The third kappa shape index (κ3) is 5.47. The van der Waals surface area contributed by atoms with E-state index in [1.807, 2.05) is 6.92 Å². The maximum atomic E-state index is 13.3. The second-order valence-electron chi connectivity index (χ2n) is 5.85. The van der Waals surface area contributed by atoms with Crippen LogP contribution in [0.1, 0.15) is 23.0 Å². The van der Waals surface area contributed by atoms with E-state index in [9.17, 15) is 22.8 Å². The number of primary amides is 1. The molecule has 0 radical (unpaired) electrons. The number of hydrogen-bond acceptors (Lipinski definition) is 5. The molecule has 154 valence electrons. The summed E-state index contributed by atoms with van der Waals surface area (Å²) in [5.41, 5.74) is 7.87. The zero-order valence-electron chi connectivity index (χ0n) is 15.4. The van der Waals surface area contributed by atoms with E-state index in [1.165, 1.54) is 30.5 Å². The number of rotatable bonds is 7. The number of nitrogens with one attached hydrogen (secondary N) is 1. The van der Waals surface area contributed by atoms with Crippen LogP contribution in [0.2, 0.25) is 0 Å². The lowest BCUT2D eigenvalue weighted by Gasteiger charge is -2.14. The summed E-state index contributed by atoms with van der Waals surface area (Å²) in [6, 6.07) is 6.48. The molecule has 1 aromatic carbocycles. The molecule has 0 aliphatic heterocycles. The van der Waals surface area contributed by atoms with E-state index in [0.29, 0.717) is 17.9 Å². The lowest BCUT2D eigenvalue weighted by Crippen LogP contribution is -2.27. The number of aromatic nitrogens is 1. The highest BCUT2D eigenvalue weighted by Crippen LogP contribution is 2.35. The highest BCUT2D eigenvalue weighted by atomic mass is 19.4. The Labute approximate surface area is 163 Å². The van der Waals surface area contributed by atoms with Gasteiger partial charge in [-0.05, 0) is 30.7 Å². The summed E-state index contributed by atoms with van der Waals surface area (Å²) in [6.45, 7) is 2.57. The Balaban J connectivity index is 2.36. The van der Waals surface area contributed by atoms with Gasteiger partial charge in [0.1, 0.15) is 23.6 Å². The second-order valence-corrected chi connectivity index (χ2v) is 5.85. The van der Waals surface area contributed by atoms with E-state index in [1.54, 1.807) is 11.2 Å². The minimum Gasteiger partial charge on any atom is -0.489 e. The summed E-state index contributed by atoms with van der Waals surface area (Å²) < 4.78 is 45.5. The van der Waals surface area contributed by atoms with Crippen molar-refractivity contribution in [3.63, 3.8) is 0 Å². The first-order valence-electron chi connectivity index (χ1n) is 8.45. The first-order valence-corrected chi connectivity index (χ1v) is 8.45. The average Bonchev–Trinajstić information content (AvgIpc) is 2.67. The number of halogens is 3. The molecule has 2 rings (SSSR count). The van der Waals surface area contributed by atoms with E-state index in [4.69, 9.17) is 16.2 Å². The number of amides is 1. The quantitative estimate of drug-likeness (QED) is 0.609. The molecule has 7 nitrogen and oxygen atoms in total. The summed E-state index contributed by atoms with van der Waals surface area (Å²) in [5.74, 6) is -0.748. The van der Waals surface area contributed by atoms with Crippen molar-refractivity contribution in [1.82, 2.24) is 4.98 Å². The number of nitrogens with zero attached hydrogens (tertiary/aromatic N) is 1. The molecule has 0 saturated carbocycles. The van der Waals surface area contributed by atoms with Crippen LogP contribution in [0.3, 0.4) is 0 Å². The van der Waals surface area contributed by atoms with Crippen LogP contribution in [0.15, 0.2) is 51.9 Å². The van der Waals surface area contributed by atoms with Crippen molar-refractivity contribution in [2.45, 2.75) is 13.1 Å². The van der Waals surface area contributed by atoms with Gasteiger partial charge in [-0.15, -0.1) is 0 Å². The van der Waals surface area contributed by atoms with Gasteiger partial charge in [0, 0.05) is 30.1 Å². The monoisotopic (exact) mass is 408 g/mol. The fraction of sp³-hybridized carbons (Fsp3) is 0.211. The number of nitrogens with two attached hydrogens (primary N) is 2. The molecule has 0 bridgehead atoms. The van der Waals surface area contributed by atoms with Gasteiger partial charge in [0.2, 0.25) is 0 Å². The highest BCUT2D eigenvalue weighted by molar-refractivity contribution is 5.94. The maximum Gasteiger partial charge on any atom is 0.431 e. The first-order chi connectivity index (χ1) is 13.7. The van der Waals surface area contributed by atoms with E-state index in [2.05, 4.69) is 4.99 Å². The molecule has 10 heteroatoms. The molecule has 1 aromatic heterocycles. The Morgan fingerprint density at radius 1 is 1.28 bits per heavy atom. The number of alkyl halides is 3. The Bertz CT molecular complexity index is 993. The van der Waals surface area contributed by atoms with Crippen LogP contribution in [0.25, 0.3) is 11.1 Å². The smallest absolute Gasteiger partial charge is 0.431 e. The zero-order valence-corrected chi connectivity index (χ0v) is 15.4. The van der Waals surface area contributed by atoms with Gasteiger partial charge in [-0.2, -0.15) is 13.2 Å². The SMILES string of the molecule is CCN=CC(=CN)COc1ccc(-c2cc(C(N)=O)c(=O)[nH]c2C(F)(F)F)cc1. The highest BCUT2D eigenvalue weighted by Gasteiger charge is 2.36. The number of carbonyl (C=O) groups is 1. The number of ether oxygens (including phenoxy) is 1. The van der Waals surface area contributed by atoms with E-state index in [0.717, 1.165) is 6.07 Å². The van der Waals surface area contributed by atoms with Crippen molar-refractivity contribution in [2.75, 3.05) is 13.2 Å². The van der Waals surface area contributed by atoms with Gasteiger partial charge in [-0.25, -0.2) is 0 Å². The fourth-order valence-electron chi connectivity index (χ4n) is 2.40. The molecule has 0 fully saturated rings. The van der Waals surface area contributed by atoms with Crippen LogP contribution in [0, 0.1) is 0 Å². The molecular weight excluding hydrogens is 389 g/mol. The van der Waals surface area contributed by atoms with Crippen LogP contribution in [-0.4, -0.2) is 30.3 Å². The molecule has 29 heavy (non-hydrogen) atoms. The molecule has 0 saturated heterocycles. The second kappa shape index (κ2) is 9.09. The molecule has 0 aliphatic carbocycles. The first kappa shape index (κ1) is 21.7. The molecule has 0 unspecified atom stereocenters. The number of aliphatic imine (C=N–C) groups is 1. The average molecular weight is 408 g/mol. The van der Waals surface area contributed by atoms with Gasteiger partial charge in [0.05, 0.1) is 0 Å². The molecule has 1 amide bonds. The van der Waals surface area contributed by atoms with Crippen molar-refractivity contribution in [2.24, 2.45) is 16.5 Å². The Kier molecular flexibility index (Phi) is 6.81. The Hall–Kier alpha value is -3.56. The number of pyridine rings is 1. The largest absolute Gasteiger partial charge is 0.489 e. The lowest BCUT2D eigenvalue weighted by molar-refractivity contribution is -0.140. The standard InChI is InChI=1S/C19H19F3N4O3/c1-2-25-9-11(8-23)10-29-13-5-3-12(4-6-13)14-7-15(17(24)27)18(28)26-16(14)19(20,21)22/h3-9H,2,10,23H2,1H3,(H2,24,27)(H,26,28). The van der Waals surface area contributed by atoms with Crippen molar-refractivity contribution in [3.05, 3.63) is 63.7 Å². The van der Waals surface area contributed by atoms with Gasteiger partial charge in [0.25, 0.3) is 11.5 Å². The predicted molar refractivity (Wildman–Crippen MR) is 103 cm³/mol. The van der Waals surface area contributed by atoms with Gasteiger partial charge in [-0.3, -0.25) is 14.6 Å². The molecule has 0 aliphatic rings. The van der Waals surface area contributed by atoms with Crippen LogP contribution in [0.5, 0.6) is 5.75 Å². The van der Waals surface area contributed by atoms with Gasteiger partial charge in [0.15, 0.2) is 0 Å². The number of aromatic amines is 1. The topological polar surface area (TPSA) is 124 Å². The summed E-state index contributed by atoms with van der Waals surface area (Å²) >= 11 is 0. The van der Waals surface area contributed by atoms with E-state index >= 15 is 0 Å². The minimum absolute atomic E-state index is 0.116. The number of hydrogen-bond donors (Lipinski definition) is 3. The number of carbonyl (C=O) groups excluding carboxylic acids is 1. The van der Waals surface area contributed by atoms with Crippen molar-refractivity contribution in [1.29, 1.82) is 0 Å². The minimum atomic E-state index is -4.83. The molecule has 1 heterocycles. The van der Waals surface area contributed by atoms with Crippen LogP contribution < -0.4 is 21.8 Å². The molecule has 0 atom stereocenters. The summed E-state index contributed by atoms with van der Waals surface area (Å²) in [5, 5.41) is 0. The zero-order chi connectivity index (χ0) is 21.6. The summed E-state index contributed by atoms with van der Waals surface area (Å²) in [6.07, 6.45) is -1.93. The number of benzene rings is 1. The lowest BCUT2D eigenvalue weighted by atomic mass is 10.0. The van der Waals surface area contributed by atoms with E-state index < -0.39 is 28.9 Å². The molecule has 2 aromatic rings. The normalized spacial score (nSPS) is 12.3. The Morgan fingerprint density at radius 3 is 2.45 bits per heavy atom. The van der Waals surface area contributed by atoms with Crippen LogP contribution >= 0.6 is 0 Å². The van der Waals surface area contributed by atoms with Crippen LogP contribution in [0.4, 0.5) is 13.2 Å². The third-order valence-electron chi connectivity index (χ3n) is 3.81. The molecule has 5 N–H and O–H groups in total. The van der Waals surface area contributed by atoms with Crippen molar-refractivity contribution < 1.29 is 22.7 Å². The molecule has 0 spiro atoms. The van der Waals surface area contributed by atoms with Crippen molar-refractivity contribution in [3.8, 4) is 16.9 Å². The van der Waals surface area contributed by atoms with Gasteiger partial charge >= 0.3 is 6.18 Å². The fourth-order valence-corrected chi connectivity index (χ4v) is 2.40. The number of H-pyrrole nitrogens is 1. The van der Waals surface area contributed by atoms with E-state index in [-0.39, 0.29) is 17.7 Å². The maximum absolute atomic E-state index is 13.3. The summed E-state index contributed by atoms with van der Waals surface area (Å²) in [7, 11) is 0. The molecular formula is C19H19F3N4O3. The summed E-state index contributed by atoms with van der Waals surface area (Å²) in [4.78, 5) is 28.8. The van der Waals surface area contributed by atoms with Crippen molar-refractivity contribution >= 4 is 12.1 Å². The van der Waals surface area contributed by atoms with Crippen LogP contribution in [-0.2, 0) is 6.18 Å². The third-order valence-corrected chi connectivity index (χ3v) is 3.81.